The Labute approximate surface area is 157 Å². The van der Waals surface area contributed by atoms with E-state index < -0.39 is 17.8 Å². The van der Waals surface area contributed by atoms with Crippen LogP contribution in [0.25, 0.3) is 10.8 Å². The first-order valence-corrected chi connectivity index (χ1v) is 8.27. The van der Waals surface area contributed by atoms with Gasteiger partial charge < -0.3 is 9.64 Å². The van der Waals surface area contributed by atoms with Crippen LogP contribution in [0, 0.1) is 0 Å². The molecule has 0 radical (unpaired) electrons. The van der Waals surface area contributed by atoms with E-state index in [4.69, 9.17) is 0 Å². The Morgan fingerprint density at radius 1 is 1.14 bits per heavy atom. The third kappa shape index (κ3) is 4.48. The van der Waals surface area contributed by atoms with Crippen LogP contribution in [0.15, 0.2) is 59.5 Å². The smallest absolute Gasteiger partial charge is 0.405 e. The number of carbonyl (C=O) groups excluding carboxylic acids is 1. The van der Waals surface area contributed by atoms with Gasteiger partial charge in [0.25, 0.3) is 5.56 Å². The van der Waals surface area contributed by atoms with Crippen LogP contribution in [-0.2, 0) is 17.9 Å². The summed E-state index contributed by atoms with van der Waals surface area (Å²) >= 11 is 0. The van der Waals surface area contributed by atoms with Crippen LogP contribution in [0.5, 0.6) is 5.75 Å². The Morgan fingerprint density at radius 2 is 1.82 bits per heavy atom. The highest BCUT2D eigenvalue weighted by atomic mass is 19.4. The first kappa shape index (κ1) is 19.4. The van der Waals surface area contributed by atoms with Gasteiger partial charge in [-0.05, 0) is 12.1 Å². The van der Waals surface area contributed by atoms with Crippen molar-refractivity contribution in [3.63, 3.8) is 0 Å². The quantitative estimate of drug-likeness (QED) is 0.671. The van der Waals surface area contributed by atoms with E-state index in [1.165, 1.54) is 36.3 Å². The molecule has 0 aliphatic heterocycles. The molecule has 1 aromatic heterocycles. The number of nitrogens with zero attached hydrogens (tertiary/aromatic N) is 3. The number of carbonyl (C=O) groups is 1. The van der Waals surface area contributed by atoms with Crippen molar-refractivity contribution >= 4 is 16.7 Å². The number of aromatic nitrogens is 2. The topological polar surface area (TPSA) is 64.4 Å². The van der Waals surface area contributed by atoms with Gasteiger partial charge in [0.05, 0.1) is 11.6 Å². The van der Waals surface area contributed by atoms with E-state index in [0.717, 1.165) is 4.68 Å². The van der Waals surface area contributed by atoms with E-state index in [-0.39, 0.29) is 24.4 Å². The number of fused-ring (bicyclic) bond motifs is 1. The van der Waals surface area contributed by atoms with Crippen LogP contribution in [0.4, 0.5) is 13.2 Å². The first-order chi connectivity index (χ1) is 13.2. The molecular formula is C19H16F3N3O3. The molecule has 0 bridgehead atoms. The molecule has 0 unspecified atom stereocenters. The molecule has 1 heterocycles. The van der Waals surface area contributed by atoms with E-state index >= 15 is 0 Å². The van der Waals surface area contributed by atoms with Gasteiger partial charge in [-0.3, -0.25) is 9.59 Å². The van der Waals surface area contributed by atoms with Gasteiger partial charge in [-0.1, -0.05) is 36.4 Å². The van der Waals surface area contributed by atoms with Gasteiger partial charge in [0.1, 0.15) is 12.3 Å². The fraction of sp³-hybridized carbons (Fsp3) is 0.211. The van der Waals surface area contributed by atoms with Crippen molar-refractivity contribution in [1.29, 1.82) is 0 Å². The SMILES string of the molecule is CN(Cc1ccccc1OC(F)(F)F)C(=O)Cn1ncc2ccccc2c1=O. The summed E-state index contributed by atoms with van der Waals surface area (Å²) < 4.78 is 42.6. The lowest BCUT2D eigenvalue weighted by atomic mass is 10.2. The Bertz CT molecular complexity index is 1060. The standard InChI is InChI=1S/C19H16F3N3O3/c1-24(11-14-7-3-5-9-16(14)28-19(20,21)22)17(26)12-25-18(27)15-8-4-2-6-13(15)10-23-25/h2-10H,11-12H2,1H3. The van der Waals surface area contributed by atoms with Crippen LogP contribution >= 0.6 is 0 Å². The lowest BCUT2D eigenvalue weighted by molar-refractivity contribution is -0.275. The summed E-state index contributed by atoms with van der Waals surface area (Å²) in [6, 6.07) is 12.4. The average molecular weight is 391 g/mol. The minimum Gasteiger partial charge on any atom is -0.405 e. The zero-order valence-corrected chi connectivity index (χ0v) is 14.8. The van der Waals surface area contributed by atoms with E-state index in [9.17, 15) is 22.8 Å². The maximum Gasteiger partial charge on any atom is 0.573 e. The van der Waals surface area contributed by atoms with Crippen molar-refractivity contribution in [2.45, 2.75) is 19.5 Å². The molecule has 146 valence electrons. The zero-order valence-electron chi connectivity index (χ0n) is 14.8. The second kappa shape index (κ2) is 7.71. The summed E-state index contributed by atoms with van der Waals surface area (Å²) in [6.07, 6.45) is -3.35. The van der Waals surface area contributed by atoms with Gasteiger partial charge in [-0.15, -0.1) is 13.2 Å². The number of likely N-dealkylation sites (N-methyl/N-ethyl adjacent to an activating group) is 1. The Balaban J connectivity index is 1.76. The third-order valence-corrected chi connectivity index (χ3v) is 4.08. The molecule has 0 fully saturated rings. The number of para-hydroxylation sites is 1. The van der Waals surface area contributed by atoms with Crippen LogP contribution in [0.1, 0.15) is 5.56 Å². The summed E-state index contributed by atoms with van der Waals surface area (Å²) in [4.78, 5) is 26.1. The molecule has 1 amide bonds. The molecule has 3 rings (SSSR count). The van der Waals surface area contributed by atoms with Crippen molar-refractivity contribution in [3.05, 3.63) is 70.6 Å². The minimum absolute atomic E-state index is 0.118. The van der Waals surface area contributed by atoms with Crippen molar-refractivity contribution in [3.8, 4) is 5.75 Å². The van der Waals surface area contributed by atoms with E-state index in [1.54, 1.807) is 30.3 Å². The highest BCUT2D eigenvalue weighted by Crippen LogP contribution is 2.27. The van der Waals surface area contributed by atoms with Crippen molar-refractivity contribution in [2.24, 2.45) is 0 Å². The number of halogens is 3. The molecule has 0 saturated heterocycles. The summed E-state index contributed by atoms with van der Waals surface area (Å²) in [5.41, 5.74) is -0.227. The number of amides is 1. The normalized spacial score (nSPS) is 11.4. The van der Waals surface area contributed by atoms with Gasteiger partial charge in [-0.2, -0.15) is 5.10 Å². The number of rotatable bonds is 5. The van der Waals surface area contributed by atoms with Gasteiger partial charge in [0.2, 0.25) is 5.91 Å². The van der Waals surface area contributed by atoms with E-state index in [2.05, 4.69) is 9.84 Å². The summed E-state index contributed by atoms with van der Waals surface area (Å²) in [6.45, 7) is -0.449. The number of hydrogen-bond acceptors (Lipinski definition) is 4. The Hall–Kier alpha value is -3.36. The molecular weight excluding hydrogens is 375 g/mol. The molecule has 2 aromatic carbocycles. The van der Waals surface area contributed by atoms with Gasteiger partial charge in [-0.25, -0.2) is 4.68 Å². The van der Waals surface area contributed by atoms with Crippen molar-refractivity contribution in [2.75, 3.05) is 7.05 Å². The van der Waals surface area contributed by atoms with Crippen molar-refractivity contribution in [1.82, 2.24) is 14.7 Å². The van der Waals surface area contributed by atoms with Crippen LogP contribution in [0.2, 0.25) is 0 Å². The predicted octanol–water partition coefficient (Wildman–Crippen LogP) is 2.95. The van der Waals surface area contributed by atoms with Crippen LogP contribution < -0.4 is 10.3 Å². The molecule has 0 aliphatic carbocycles. The molecule has 9 heteroatoms. The molecule has 28 heavy (non-hydrogen) atoms. The number of hydrogen-bond donors (Lipinski definition) is 0. The molecule has 0 atom stereocenters. The predicted molar refractivity (Wildman–Crippen MR) is 95.6 cm³/mol. The minimum atomic E-state index is -4.83. The zero-order chi connectivity index (χ0) is 20.3. The molecule has 0 N–H and O–H groups in total. The molecule has 0 saturated carbocycles. The summed E-state index contributed by atoms with van der Waals surface area (Å²) in [5.74, 6) is -0.859. The Morgan fingerprint density at radius 3 is 2.57 bits per heavy atom. The number of ether oxygens (including phenoxy) is 1. The molecule has 0 spiro atoms. The third-order valence-electron chi connectivity index (χ3n) is 4.08. The maximum atomic E-state index is 12.5. The highest BCUT2D eigenvalue weighted by Gasteiger charge is 2.32. The van der Waals surface area contributed by atoms with Crippen LogP contribution in [0.3, 0.4) is 0 Å². The van der Waals surface area contributed by atoms with Crippen LogP contribution in [-0.4, -0.2) is 34.0 Å². The molecule has 6 nitrogen and oxygen atoms in total. The van der Waals surface area contributed by atoms with Gasteiger partial charge in [0, 0.05) is 24.5 Å². The lowest BCUT2D eigenvalue weighted by Crippen LogP contribution is -2.35. The van der Waals surface area contributed by atoms with Gasteiger partial charge >= 0.3 is 6.36 Å². The second-order valence-corrected chi connectivity index (χ2v) is 6.10. The maximum absolute atomic E-state index is 12.5. The second-order valence-electron chi connectivity index (χ2n) is 6.10. The average Bonchev–Trinajstić information content (AvgIpc) is 2.64. The first-order valence-electron chi connectivity index (χ1n) is 8.27. The van der Waals surface area contributed by atoms with E-state index in [1.807, 2.05) is 0 Å². The van der Waals surface area contributed by atoms with Gasteiger partial charge in [0.15, 0.2) is 0 Å². The summed E-state index contributed by atoms with van der Waals surface area (Å²) in [7, 11) is 1.43. The molecule has 0 aliphatic rings. The lowest BCUT2D eigenvalue weighted by Gasteiger charge is -2.20. The number of benzene rings is 2. The molecule has 3 aromatic rings. The monoisotopic (exact) mass is 391 g/mol. The van der Waals surface area contributed by atoms with E-state index in [0.29, 0.717) is 10.8 Å². The Kier molecular flexibility index (Phi) is 5.34. The van der Waals surface area contributed by atoms with Crippen molar-refractivity contribution < 1.29 is 22.7 Å². The largest absolute Gasteiger partial charge is 0.573 e. The number of alkyl halides is 3. The fourth-order valence-electron chi connectivity index (χ4n) is 2.69. The highest BCUT2D eigenvalue weighted by molar-refractivity contribution is 5.81. The summed E-state index contributed by atoms with van der Waals surface area (Å²) in [5, 5.41) is 5.07. The fourth-order valence-corrected chi connectivity index (χ4v) is 2.69.